The van der Waals surface area contributed by atoms with E-state index in [0.717, 1.165) is 18.5 Å². The van der Waals surface area contributed by atoms with E-state index in [1.807, 2.05) is 4.68 Å². The van der Waals surface area contributed by atoms with Crippen LogP contribution >= 0.6 is 0 Å². The van der Waals surface area contributed by atoms with Gasteiger partial charge in [0.15, 0.2) is 0 Å². The summed E-state index contributed by atoms with van der Waals surface area (Å²) in [5.41, 5.74) is 8.26. The van der Waals surface area contributed by atoms with Crippen LogP contribution in [0.25, 0.3) is 0 Å². The molecule has 3 heteroatoms. The van der Waals surface area contributed by atoms with E-state index in [0.29, 0.717) is 6.04 Å². The molecule has 2 N–H and O–H groups in total. The van der Waals surface area contributed by atoms with Crippen molar-refractivity contribution in [2.45, 2.75) is 45.2 Å². The first-order chi connectivity index (χ1) is 6.03. The molecule has 1 aromatic heterocycles. The van der Waals surface area contributed by atoms with E-state index in [4.69, 9.17) is 5.73 Å². The first-order valence-corrected chi connectivity index (χ1v) is 4.88. The van der Waals surface area contributed by atoms with Crippen LogP contribution in [0, 0.1) is 6.92 Å². The second-order valence-electron chi connectivity index (χ2n) is 4.37. The Bertz CT molecular complexity index is 321. The maximum atomic E-state index is 6.07. The number of hydrogen-bond donors (Lipinski definition) is 1. The molecule has 0 aliphatic heterocycles. The van der Waals surface area contributed by atoms with Crippen molar-refractivity contribution in [2.24, 2.45) is 5.73 Å². The van der Waals surface area contributed by atoms with Crippen molar-refractivity contribution in [2.75, 3.05) is 0 Å². The van der Waals surface area contributed by atoms with Gasteiger partial charge in [0.2, 0.25) is 0 Å². The molecule has 1 saturated carbocycles. The van der Waals surface area contributed by atoms with Gasteiger partial charge in [-0.1, -0.05) is 0 Å². The number of aromatic nitrogens is 2. The van der Waals surface area contributed by atoms with E-state index in [1.165, 1.54) is 5.69 Å². The van der Waals surface area contributed by atoms with Gasteiger partial charge in [0.1, 0.15) is 0 Å². The zero-order valence-corrected chi connectivity index (χ0v) is 8.54. The fraction of sp³-hybridized carbons (Fsp3) is 0.700. The van der Waals surface area contributed by atoms with Gasteiger partial charge in [-0.05, 0) is 39.7 Å². The quantitative estimate of drug-likeness (QED) is 0.751. The van der Waals surface area contributed by atoms with Crippen LogP contribution in [0.2, 0.25) is 0 Å². The lowest BCUT2D eigenvalue weighted by Gasteiger charge is -2.08. The Morgan fingerprint density at radius 3 is 2.54 bits per heavy atom. The summed E-state index contributed by atoms with van der Waals surface area (Å²) in [6, 6.07) is 2.54. The molecular formula is C10H17N3. The lowest BCUT2D eigenvalue weighted by molar-refractivity contribution is 0.505. The Balaban J connectivity index is 2.35. The summed E-state index contributed by atoms with van der Waals surface area (Å²) in [5, 5.41) is 4.53. The monoisotopic (exact) mass is 179 g/mol. The predicted molar refractivity (Wildman–Crippen MR) is 52.4 cm³/mol. The van der Waals surface area contributed by atoms with Crippen molar-refractivity contribution in [3.05, 3.63) is 17.5 Å². The van der Waals surface area contributed by atoms with Crippen LogP contribution in [0.15, 0.2) is 6.07 Å². The van der Waals surface area contributed by atoms with E-state index in [-0.39, 0.29) is 5.54 Å². The van der Waals surface area contributed by atoms with Crippen LogP contribution in [0.4, 0.5) is 0 Å². The van der Waals surface area contributed by atoms with E-state index < -0.39 is 0 Å². The van der Waals surface area contributed by atoms with Crippen molar-refractivity contribution < 1.29 is 0 Å². The molecule has 0 radical (unpaired) electrons. The molecule has 1 aromatic rings. The minimum absolute atomic E-state index is 0.0924. The highest BCUT2D eigenvalue weighted by atomic mass is 15.3. The molecule has 0 saturated heterocycles. The zero-order chi connectivity index (χ0) is 9.64. The molecule has 2 rings (SSSR count). The predicted octanol–water partition coefficient (Wildman–Crippen LogP) is 1.72. The zero-order valence-electron chi connectivity index (χ0n) is 8.54. The molecule has 0 amide bonds. The lowest BCUT2D eigenvalue weighted by atomic mass is 10.2. The van der Waals surface area contributed by atoms with Gasteiger partial charge in [0.25, 0.3) is 0 Å². The third-order valence-electron chi connectivity index (χ3n) is 2.71. The number of hydrogen-bond acceptors (Lipinski definition) is 2. The first-order valence-electron chi connectivity index (χ1n) is 4.88. The van der Waals surface area contributed by atoms with Crippen LogP contribution < -0.4 is 5.73 Å². The second kappa shape index (κ2) is 2.58. The molecule has 0 spiro atoms. The summed E-state index contributed by atoms with van der Waals surface area (Å²) in [5.74, 6) is 0. The lowest BCUT2D eigenvalue weighted by Crippen LogP contribution is -2.20. The largest absolute Gasteiger partial charge is 0.320 e. The summed E-state index contributed by atoms with van der Waals surface area (Å²) in [6.45, 7) is 6.36. The normalized spacial score (nSPS) is 19.5. The molecule has 72 valence electrons. The maximum Gasteiger partial charge on any atom is 0.0826 e. The second-order valence-corrected chi connectivity index (χ2v) is 4.37. The van der Waals surface area contributed by atoms with Gasteiger partial charge in [0, 0.05) is 11.7 Å². The average Bonchev–Trinajstić information content (AvgIpc) is 2.63. The standard InChI is InChI=1S/C10H17N3/c1-7(2)13-8(3)6-9(12-13)10(11)4-5-10/h6-7H,4-5,11H2,1-3H3. The van der Waals surface area contributed by atoms with E-state index in [9.17, 15) is 0 Å². The van der Waals surface area contributed by atoms with Crippen molar-refractivity contribution in [1.29, 1.82) is 0 Å². The Labute approximate surface area is 78.9 Å². The fourth-order valence-electron chi connectivity index (χ4n) is 1.64. The summed E-state index contributed by atoms with van der Waals surface area (Å²) in [7, 11) is 0. The van der Waals surface area contributed by atoms with Crippen molar-refractivity contribution >= 4 is 0 Å². The summed E-state index contributed by atoms with van der Waals surface area (Å²) >= 11 is 0. The number of nitrogens with two attached hydrogens (primary N) is 1. The summed E-state index contributed by atoms with van der Waals surface area (Å²) < 4.78 is 2.04. The van der Waals surface area contributed by atoms with Crippen molar-refractivity contribution in [1.82, 2.24) is 9.78 Å². The summed E-state index contributed by atoms with van der Waals surface area (Å²) in [6.07, 6.45) is 2.17. The molecule has 0 atom stereocenters. The number of nitrogens with zero attached hydrogens (tertiary/aromatic N) is 2. The van der Waals surface area contributed by atoms with Gasteiger partial charge >= 0.3 is 0 Å². The van der Waals surface area contributed by atoms with Gasteiger partial charge in [-0.25, -0.2) is 0 Å². The average molecular weight is 179 g/mol. The van der Waals surface area contributed by atoms with Crippen molar-refractivity contribution in [3.63, 3.8) is 0 Å². The highest BCUT2D eigenvalue weighted by Crippen LogP contribution is 2.42. The minimum atomic E-state index is -0.0924. The van der Waals surface area contributed by atoms with E-state index >= 15 is 0 Å². The van der Waals surface area contributed by atoms with Crippen LogP contribution in [0.5, 0.6) is 0 Å². The minimum Gasteiger partial charge on any atom is -0.320 e. The molecule has 0 unspecified atom stereocenters. The smallest absolute Gasteiger partial charge is 0.0826 e. The topological polar surface area (TPSA) is 43.8 Å². The molecular weight excluding hydrogens is 162 g/mol. The van der Waals surface area contributed by atoms with E-state index in [1.54, 1.807) is 0 Å². The van der Waals surface area contributed by atoms with Gasteiger partial charge < -0.3 is 5.73 Å². The molecule has 3 nitrogen and oxygen atoms in total. The van der Waals surface area contributed by atoms with Crippen LogP contribution in [-0.2, 0) is 5.54 Å². The maximum absolute atomic E-state index is 6.07. The molecule has 1 aliphatic carbocycles. The molecule has 0 bridgehead atoms. The first kappa shape index (κ1) is 8.75. The molecule has 1 heterocycles. The third kappa shape index (κ3) is 1.37. The third-order valence-corrected chi connectivity index (χ3v) is 2.71. The van der Waals surface area contributed by atoms with Gasteiger partial charge in [-0.3, -0.25) is 4.68 Å². The molecule has 1 fully saturated rings. The van der Waals surface area contributed by atoms with Gasteiger partial charge in [-0.15, -0.1) is 0 Å². The Kier molecular flexibility index (Phi) is 1.74. The molecule has 13 heavy (non-hydrogen) atoms. The number of aryl methyl sites for hydroxylation is 1. The Morgan fingerprint density at radius 1 is 1.54 bits per heavy atom. The van der Waals surface area contributed by atoms with Crippen molar-refractivity contribution in [3.8, 4) is 0 Å². The Morgan fingerprint density at radius 2 is 2.15 bits per heavy atom. The van der Waals surface area contributed by atoms with E-state index in [2.05, 4.69) is 31.9 Å². The summed E-state index contributed by atoms with van der Waals surface area (Å²) in [4.78, 5) is 0. The molecule has 1 aliphatic rings. The SMILES string of the molecule is Cc1cc(C2(N)CC2)nn1C(C)C. The van der Waals surface area contributed by atoms with Crippen LogP contribution in [0.1, 0.15) is 44.1 Å². The van der Waals surface area contributed by atoms with Gasteiger partial charge in [0.05, 0.1) is 11.2 Å². The van der Waals surface area contributed by atoms with Crippen LogP contribution in [0.3, 0.4) is 0 Å². The highest BCUT2D eigenvalue weighted by molar-refractivity contribution is 5.24. The molecule has 0 aromatic carbocycles. The highest BCUT2D eigenvalue weighted by Gasteiger charge is 2.42. The van der Waals surface area contributed by atoms with Gasteiger partial charge in [-0.2, -0.15) is 5.10 Å². The fourth-order valence-corrected chi connectivity index (χ4v) is 1.64. The van der Waals surface area contributed by atoms with Crippen LogP contribution in [-0.4, -0.2) is 9.78 Å². The Hall–Kier alpha value is -0.830. The number of rotatable bonds is 2.